The average molecular weight is 436 g/mol. The SMILES string of the molecule is Cc1ccc(S(=O)(=O)Nc2cccc(C(=O)NCCCN3CCOCC3)c2)cc1F. The number of carbonyl (C=O) groups excluding carboxylic acids is 1. The molecule has 0 aromatic heterocycles. The monoisotopic (exact) mass is 435 g/mol. The van der Waals surface area contributed by atoms with E-state index in [0.29, 0.717) is 17.7 Å². The van der Waals surface area contributed by atoms with Crippen LogP contribution in [-0.4, -0.2) is 58.6 Å². The molecule has 1 aliphatic heterocycles. The predicted molar refractivity (Wildman–Crippen MR) is 113 cm³/mol. The normalized spacial score (nSPS) is 15.0. The van der Waals surface area contributed by atoms with Crippen molar-refractivity contribution >= 4 is 21.6 Å². The number of nitrogens with zero attached hydrogens (tertiary/aromatic N) is 1. The number of hydrogen-bond acceptors (Lipinski definition) is 5. The third-order valence-corrected chi connectivity index (χ3v) is 6.25. The van der Waals surface area contributed by atoms with Gasteiger partial charge in [0.15, 0.2) is 0 Å². The molecule has 0 saturated carbocycles. The Morgan fingerprint density at radius 2 is 1.93 bits per heavy atom. The lowest BCUT2D eigenvalue weighted by Crippen LogP contribution is -2.38. The smallest absolute Gasteiger partial charge is 0.261 e. The Morgan fingerprint density at radius 1 is 1.17 bits per heavy atom. The molecule has 0 spiro atoms. The third kappa shape index (κ3) is 6.01. The van der Waals surface area contributed by atoms with Crippen molar-refractivity contribution in [1.29, 1.82) is 0 Å². The number of rotatable bonds is 8. The van der Waals surface area contributed by atoms with Crippen LogP contribution in [0.5, 0.6) is 0 Å². The first kappa shape index (κ1) is 22.2. The molecule has 1 saturated heterocycles. The van der Waals surface area contributed by atoms with Gasteiger partial charge in [-0.05, 0) is 55.8 Å². The fraction of sp³-hybridized carbons (Fsp3) is 0.381. The van der Waals surface area contributed by atoms with E-state index in [1.165, 1.54) is 24.3 Å². The zero-order valence-electron chi connectivity index (χ0n) is 16.9. The molecular formula is C21H26FN3O4S. The van der Waals surface area contributed by atoms with Gasteiger partial charge in [-0.25, -0.2) is 12.8 Å². The Balaban J connectivity index is 1.56. The molecule has 2 N–H and O–H groups in total. The molecule has 3 rings (SSSR count). The molecule has 0 radical (unpaired) electrons. The van der Waals surface area contributed by atoms with Gasteiger partial charge in [0.1, 0.15) is 5.82 Å². The molecule has 1 fully saturated rings. The standard InChI is InChI=1S/C21H26FN3O4S/c1-16-6-7-19(15-20(16)22)30(27,28)24-18-5-2-4-17(14-18)21(26)23-8-3-9-25-10-12-29-13-11-25/h2,4-7,14-15,24H,3,8-13H2,1H3,(H,23,26). The van der Waals surface area contributed by atoms with Crippen LogP contribution in [0.25, 0.3) is 0 Å². The van der Waals surface area contributed by atoms with Crippen LogP contribution in [0.4, 0.5) is 10.1 Å². The van der Waals surface area contributed by atoms with Crippen LogP contribution in [0.15, 0.2) is 47.4 Å². The molecule has 0 unspecified atom stereocenters. The van der Waals surface area contributed by atoms with Crippen LogP contribution in [0.3, 0.4) is 0 Å². The van der Waals surface area contributed by atoms with Gasteiger partial charge in [0.2, 0.25) is 0 Å². The minimum atomic E-state index is -3.97. The van der Waals surface area contributed by atoms with Gasteiger partial charge < -0.3 is 10.1 Å². The number of benzene rings is 2. The topological polar surface area (TPSA) is 87.7 Å². The molecule has 0 bridgehead atoms. The summed E-state index contributed by atoms with van der Waals surface area (Å²) in [5.41, 5.74) is 0.940. The summed E-state index contributed by atoms with van der Waals surface area (Å²) >= 11 is 0. The summed E-state index contributed by atoms with van der Waals surface area (Å²) in [6, 6.07) is 9.92. The first-order valence-corrected chi connectivity index (χ1v) is 11.3. The summed E-state index contributed by atoms with van der Waals surface area (Å²) in [4.78, 5) is 14.5. The number of sulfonamides is 1. The Labute approximate surface area is 176 Å². The van der Waals surface area contributed by atoms with E-state index < -0.39 is 15.8 Å². The van der Waals surface area contributed by atoms with Crippen molar-refractivity contribution in [3.8, 4) is 0 Å². The van der Waals surface area contributed by atoms with E-state index in [1.807, 2.05) is 0 Å². The number of halogens is 1. The first-order chi connectivity index (χ1) is 14.3. The lowest BCUT2D eigenvalue weighted by Gasteiger charge is -2.26. The number of aryl methyl sites for hydroxylation is 1. The molecule has 2 aromatic carbocycles. The summed E-state index contributed by atoms with van der Waals surface area (Å²) in [7, 11) is -3.97. The highest BCUT2D eigenvalue weighted by Gasteiger charge is 2.17. The van der Waals surface area contributed by atoms with E-state index >= 15 is 0 Å². The zero-order chi connectivity index (χ0) is 21.6. The van der Waals surface area contributed by atoms with Crippen LogP contribution in [-0.2, 0) is 14.8 Å². The van der Waals surface area contributed by atoms with Gasteiger partial charge in [0, 0.05) is 30.9 Å². The summed E-state index contributed by atoms with van der Waals surface area (Å²) in [6.07, 6.45) is 0.817. The molecule has 1 aliphatic rings. The molecule has 1 amide bonds. The second-order valence-corrected chi connectivity index (χ2v) is 8.84. The lowest BCUT2D eigenvalue weighted by atomic mass is 10.2. The Hall–Kier alpha value is -2.49. The van der Waals surface area contributed by atoms with Crippen LogP contribution in [0.1, 0.15) is 22.3 Å². The van der Waals surface area contributed by atoms with Gasteiger partial charge in [0.25, 0.3) is 15.9 Å². The van der Waals surface area contributed by atoms with E-state index in [-0.39, 0.29) is 16.5 Å². The molecule has 9 heteroatoms. The Morgan fingerprint density at radius 3 is 2.67 bits per heavy atom. The maximum absolute atomic E-state index is 13.7. The number of carbonyl (C=O) groups is 1. The van der Waals surface area contributed by atoms with Crippen LogP contribution >= 0.6 is 0 Å². The highest BCUT2D eigenvalue weighted by molar-refractivity contribution is 7.92. The quantitative estimate of drug-likeness (QED) is 0.622. The maximum atomic E-state index is 13.7. The Bertz CT molecular complexity index is 991. The third-order valence-electron chi connectivity index (χ3n) is 4.87. The number of nitrogens with one attached hydrogen (secondary N) is 2. The highest BCUT2D eigenvalue weighted by atomic mass is 32.2. The average Bonchev–Trinajstić information content (AvgIpc) is 2.73. The van der Waals surface area contributed by atoms with Crippen molar-refractivity contribution in [3.63, 3.8) is 0 Å². The molecule has 0 aliphatic carbocycles. The number of ether oxygens (including phenoxy) is 1. The second-order valence-electron chi connectivity index (χ2n) is 7.16. The molecule has 30 heavy (non-hydrogen) atoms. The fourth-order valence-electron chi connectivity index (χ4n) is 3.11. The van der Waals surface area contributed by atoms with Crippen molar-refractivity contribution < 1.29 is 22.3 Å². The van der Waals surface area contributed by atoms with Gasteiger partial charge in [-0.2, -0.15) is 0 Å². The maximum Gasteiger partial charge on any atom is 0.261 e. The molecule has 2 aromatic rings. The summed E-state index contributed by atoms with van der Waals surface area (Å²) in [5, 5.41) is 2.85. The number of amides is 1. The fourth-order valence-corrected chi connectivity index (χ4v) is 4.17. The lowest BCUT2D eigenvalue weighted by molar-refractivity contribution is 0.0374. The van der Waals surface area contributed by atoms with E-state index in [1.54, 1.807) is 19.1 Å². The van der Waals surface area contributed by atoms with Gasteiger partial charge in [-0.15, -0.1) is 0 Å². The van der Waals surface area contributed by atoms with Crippen molar-refractivity contribution in [2.45, 2.75) is 18.2 Å². The number of morpholine rings is 1. The molecule has 0 atom stereocenters. The van der Waals surface area contributed by atoms with Crippen LogP contribution in [0, 0.1) is 12.7 Å². The second kappa shape index (κ2) is 10.0. The van der Waals surface area contributed by atoms with E-state index in [0.717, 1.165) is 45.3 Å². The highest BCUT2D eigenvalue weighted by Crippen LogP contribution is 2.19. The van der Waals surface area contributed by atoms with Gasteiger partial charge in [0.05, 0.1) is 18.1 Å². The zero-order valence-corrected chi connectivity index (χ0v) is 17.7. The van der Waals surface area contributed by atoms with E-state index in [2.05, 4.69) is 14.9 Å². The summed E-state index contributed by atoms with van der Waals surface area (Å²) in [5.74, 6) is -0.873. The summed E-state index contributed by atoms with van der Waals surface area (Å²) in [6.45, 7) is 6.25. The number of anilines is 1. The molecular weight excluding hydrogens is 409 g/mol. The van der Waals surface area contributed by atoms with Crippen LogP contribution < -0.4 is 10.0 Å². The van der Waals surface area contributed by atoms with Gasteiger partial charge >= 0.3 is 0 Å². The predicted octanol–water partition coefficient (Wildman–Crippen LogP) is 2.39. The van der Waals surface area contributed by atoms with Crippen molar-refractivity contribution in [3.05, 3.63) is 59.4 Å². The summed E-state index contributed by atoms with van der Waals surface area (Å²) < 4.78 is 46.5. The van der Waals surface area contributed by atoms with Gasteiger partial charge in [-0.3, -0.25) is 14.4 Å². The largest absolute Gasteiger partial charge is 0.379 e. The number of hydrogen-bond donors (Lipinski definition) is 2. The Kier molecular flexibility index (Phi) is 7.41. The van der Waals surface area contributed by atoms with Crippen molar-refractivity contribution in [2.75, 3.05) is 44.1 Å². The molecule has 1 heterocycles. The van der Waals surface area contributed by atoms with Crippen molar-refractivity contribution in [2.24, 2.45) is 0 Å². The van der Waals surface area contributed by atoms with Gasteiger partial charge in [-0.1, -0.05) is 12.1 Å². The van der Waals surface area contributed by atoms with E-state index in [9.17, 15) is 17.6 Å². The molecule has 162 valence electrons. The molecule has 7 nitrogen and oxygen atoms in total. The van der Waals surface area contributed by atoms with Crippen molar-refractivity contribution in [1.82, 2.24) is 10.2 Å². The van der Waals surface area contributed by atoms with E-state index in [4.69, 9.17) is 4.74 Å². The first-order valence-electron chi connectivity index (χ1n) is 9.82. The minimum absolute atomic E-state index is 0.177. The van der Waals surface area contributed by atoms with Crippen LogP contribution in [0.2, 0.25) is 0 Å². The minimum Gasteiger partial charge on any atom is -0.379 e.